The summed E-state index contributed by atoms with van der Waals surface area (Å²) in [5.74, 6) is 0. The molecule has 0 bridgehead atoms. The molecule has 0 amide bonds. The lowest BCUT2D eigenvalue weighted by Crippen LogP contribution is -2.44. The first-order valence-electron chi connectivity index (χ1n) is 52.1. The predicted octanol–water partition coefficient (Wildman–Crippen LogP) is 29.1. The Morgan fingerprint density at radius 2 is 0.534 bits per heavy atom. The molecule has 18 aromatic rings. The Kier molecular flexibility index (Phi) is 35.4. The van der Waals surface area contributed by atoms with Gasteiger partial charge in [0, 0.05) is 139 Å². The summed E-state index contributed by atoms with van der Waals surface area (Å²) in [7, 11) is 2.18. The molecule has 4 fully saturated rings. The smallest absolute Gasteiger partial charge is 0.0998 e. The zero-order chi connectivity index (χ0) is 102. The SMILES string of the molecule is CCCN(CCC)c1ccc2cc(-c3ccccc3C#N)ccc2c1.CCN(CC)c1ccc2cc(-c3ccccc3C#N)ccc2c1.CN1CCN(c2ccc3cc(-c4ccccc4C#N)ccc3c2)CC1.N#Cc1ccccc1-c1ccc2cc(N3CCCCC3)ccc2c1.N#Cc1ccccc1-c1ccc2cc(N3CCOCC3)ccc2c1.N#Cc1ccccc1-c1ccc2cc(NCCN3CCOCC3)ccc2c1. The highest BCUT2D eigenvalue weighted by molar-refractivity contribution is 5.97. The molecular weight excluding hydrogens is 1810 g/mol. The van der Waals surface area contributed by atoms with E-state index in [4.69, 9.17) is 9.47 Å². The number of hydrogen-bond acceptors (Lipinski definition) is 16. The number of piperidine rings is 1. The van der Waals surface area contributed by atoms with Crippen LogP contribution in [-0.2, 0) is 9.47 Å². The number of fused-ring (bicyclic) bond motifs is 6. The van der Waals surface area contributed by atoms with Crippen LogP contribution in [0, 0.1) is 68.0 Å². The number of anilines is 6. The highest BCUT2D eigenvalue weighted by Gasteiger charge is 2.21. The van der Waals surface area contributed by atoms with Gasteiger partial charge in [0.25, 0.3) is 0 Å². The van der Waals surface area contributed by atoms with Crippen LogP contribution in [0.5, 0.6) is 0 Å². The first kappa shape index (κ1) is 103. The van der Waals surface area contributed by atoms with Gasteiger partial charge in [0.2, 0.25) is 0 Å². The van der Waals surface area contributed by atoms with E-state index in [1.54, 1.807) is 0 Å². The zero-order valence-corrected chi connectivity index (χ0v) is 85.4. The molecular formula is C132H126N14O2. The number of nitrogens with one attached hydrogen (secondary N) is 1. The third kappa shape index (κ3) is 25.7. The van der Waals surface area contributed by atoms with Crippen molar-refractivity contribution >= 4 is 98.8 Å². The molecule has 0 aromatic heterocycles. The number of rotatable bonds is 21. The van der Waals surface area contributed by atoms with Gasteiger partial charge in [-0.05, 0) is 330 Å². The third-order valence-electron chi connectivity index (χ3n) is 28.4. The molecule has 18 aromatic carbocycles. The Morgan fingerprint density at radius 1 is 0.264 bits per heavy atom. The minimum atomic E-state index is 0.707. The van der Waals surface area contributed by atoms with Crippen molar-refractivity contribution in [3.63, 3.8) is 0 Å². The average molecular weight is 1940 g/mol. The summed E-state index contributed by atoms with van der Waals surface area (Å²) in [4.78, 5) is 16.9. The topological polar surface area (TPSA) is 196 Å². The molecule has 0 radical (unpaired) electrons. The molecule has 0 saturated carbocycles. The van der Waals surface area contributed by atoms with Gasteiger partial charge >= 0.3 is 0 Å². The summed E-state index contributed by atoms with van der Waals surface area (Å²) < 4.78 is 10.8. The van der Waals surface area contributed by atoms with E-state index in [2.05, 4.69) is 329 Å². The molecule has 4 heterocycles. The van der Waals surface area contributed by atoms with Gasteiger partial charge in [0.05, 0.1) is 96.2 Å². The van der Waals surface area contributed by atoms with Crippen LogP contribution in [0.15, 0.2) is 364 Å². The van der Waals surface area contributed by atoms with E-state index < -0.39 is 0 Å². The van der Waals surface area contributed by atoms with Crippen LogP contribution in [0.2, 0.25) is 0 Å². The number of hydrogen-bond donors (Lipinski definition) is 1. The van der Waals surface area contributed by atoms with Gasteiger partial charge in [-0.15, -0.1) is 0 Å². The van der Waals surface area contributed by atoms with Crippen molar-refractivity contribution in [2.75, 3.05) is 168 Å². The maximum Gasteiger partial charge on any atom is 0.0998 e. The lowest BCUT2D eigenvalue weighted by molar-refractivity contribution is 0.0398. The number of morpholine rings is 2. The number of nitriles is 6. The summed E-state index contributed by atoms with van der Waals surface area (Å²) >= 11 is 0. The summed E-state index contributed by atoms with van der Waals surface area (Å²) in [6, 6.07) is 139. The first-order chi connectivity index (χ1) is 72.8. The van der Waals surface area contributed by atoms with Gasteiger partial charge in [0.1, 0.15) is 0 Å². The summed E-state index contributed by atoms with van der Waals surface area (Å²) in [5.41, 5.74) is 24.3. The van der Waals surface area contributed by atoms with Crippen molar-refractivity contribution in [1.29, 1.82) is 31.6 Å². The molecule has 736 valence electrons. The molecule has 0 spiro atoms. The van der Waals surface area contributed by atoms with Crippen molar-refractivity contribution in [3.8, 4) is 103 Å². The second kappa shape index (κ2) is 51.0. The lowest BCUT2D eigenvalue weighted by atomic mass is 9.97. The van der Waals surface area contributed by atoms with Crippen LogP contribution in [0.4, 0.5) is 34.1 Å². The fourth-order valence-corrected chi connectivity index (χ4v) is 20.2. The Labute approximate surface area is 872 Å². The molecule has 4 saturated heterocycles. The molecule has 1 N–H and O–H groups in total. The van der Waals surface area contributed by atoms with Crippen LogP contribution < -0.4 is 29.8 Å². The number of piperazine rings is 1. The molecule has 16 heteroatoms. The average Bonchev–Trinajstić information content (AvgIpc) is 0.810. The fourth-order valence-electron chi connectivity index (χ4n) is 20.2. The third-order valence-corrected chi connectivity index (χ3v) is 28.4. The van der Waals surface area contributed by atoms with E-state index in [0.29, 0.717) is 16.7 Å². The Bertz CT molecular complexity index is 7780. The van der Waals surface area contributed by atoms with Crippen molar-refractivity contribution < 1.29 is 9.47 Å². The summed E-state index contributed by atoms with van der Waals surface area (Å²) in [6.45, 7) is 28.9. The standard InChI is InChI=1S/C23H23N3O.C23H24N2.C22H21N3.C22H20N2.C21H18N2O.C21H20N2/c24-17-21-3-1-2-4-23(21)20-6-5-19-16-22(8-7-18(19)15-20)25-9-10-26-11-13-27-14-12-26;1-3-13-25(14-4-2)22-12-11-18-15-20(10-9-19(18)16-22)23-8-6-5-7-21(23)17-24;1-24-10-12-25(13-11-24)21-9-8-17-14-19(7-6-18(17)15-21)22-5-3-2-4-20(22)16-23;23-16-20-6-2-3-7-22(20)19-9-8-18-15-21(11-10-17(18)14-19)24-12-4-1-5-13-24;22-15-19-3-1-2-4-21(19)18-6-5-17-14-20(8-7-16(17)13-18)23-9-11-24-12-10-23;1-3-23(4-2)20-12-11-16-13-18(10-9-17(16)14-20)21-8-6-5-7-19(21)15-22/h1-8,15-16,25H,9-14H2;5-12,15-16H,3-4,13-14H2,1-2H3;2-9,14-15H,10-13H2,1H3;2-3,6-11,14-15H,1,4-5,12-13H2;1-8,13-14H,9-12H2;5-14H,3-4H2,1-2H3. The first-order valence-corrected chi connectivity index (χ1v) is 52.1. The van der Waals surface area contributed by atoms with Crippen LogP contribution >= 0.6 is 0 Å². The van der Waals surface area contributed by atoms with E-state index in [1.165, 1.54) is 125 Å². The second-order valence-corrected chi connectivity index (χ2v) is 37.9. The molecule has 22 rings (SSSR count). The molecule has 4 aliphatic heterocycles. The second-order valence-electron chi connectivity index (χ2n) is 37.9. The van der Waals surface area contributed by atoms with E-state index in [-0.39, 0.29) is 0 Å². The van der Waals surface area contributed by atoms with Crippen LogP contribution in [-0.4, -0.2) is 148 Å². The van der Waals surface area contributed by atoms with Gasteiger partial charge in [-0.2, -0.15) is 31.6 Å². The maximum absolute atomic E-state index is 9.34. The highest BCUT2D eigenvalue weighted by Crippen LogP contribution is 2.39. The predicted molar refractivity (Wildman–Crippen MR) is 616 cm³/mol. The number of benzene rings is 18. The number of nitrogens with zero attached hydrogens (tertiary/aromatic N) is 13. The normalized spacial score (nSPS) is 13.4. The fraction of sp³-hybridized carbons (Fsp3) is 0.227. The van der Waals surface area contributed by atoms with E-state index in [0.717, 1.165) is 220 Å². The van der Waals surface area contributed by atoms with Gasteiger partial charge in [-0.25, -0.2) is 0 Å². The molecule has 16 nitrogen and oxygen atoms in total. The minimum absolute atomic E-state index is 0.707. The quantitative estimate of drug-likeness (QED) is 0.0712. The number of ether oxygens (including phenoxy) is 2. The van der Waals surface area contributed by atoms with Crippen LogP contribution in [0.25, 0.3) is 131 Å². The zero-order valence-electron chi connectivity index (χ0n) is 85.4. The van der Waals surface area contributed by atoms with Gasteiger partial charge < -0.3 is 44.2 Å². The maximum atomic E-state index is 9.34. The van der Waals surface area contributed by atoms with Crippen molar-refractivity contribution in [2.24, 2.45) is 0 Å². The Balaban J connectivity index is 0.000000121. The molecule has 148 heavy (non-hydrogen) atoms. The monoisotopic (exact) mass is 1940 g/mol. The molecule has 0 atom stereocenters. The number of likely N-dealkylation sites (N-methyl/N-ethyl adjacent to an activating group) is 1. The van der Waals surface area contributed by atoms with E-state index in [1.807, 2.05) is 146 Å². The van der Waals surface area contributed by atoms with Crippen LogP contribution in [0.1, 0.15) is 93.2 Å². The largest absolute Gasteiger partial charge is 0.384 e. The van der Waals surface area contributed by atoms with E-state index in [9.17, 15) is 31.6 Å². The molecule has 0 unspecified atom stereocenters. The van der Waals surface area contributed by atoms with Gasteiger partial charge in [-0.1, -0.05) is 232 Å². The van der Waals surface area contributed by atoms with Gasteiger partial charge in [-0.3, -0.25) is 4.90 Å². The summed E-state index contributed by atoms with van der Waals surface area (Å²) in [5, 5.41) is 74.1. The Morgan fingerprint density at radius 3 is 0.858 bits per heavy atom. The lowest BCUT2D eigenvalue weighted by Gasteiger charge is -2.34. The van der Waals surface area contributed by atoms with E-state index >= 15 is 0 Å². The highest BCUT2D eigenvalue weighted by atomic mass is 16.5. The van der Waals surface area contributed by atoms with Crippen molar-refractivity contribution in [2.45, 2.75) is 59.8 Å². The Hall–Kier alpha value is -16.9. The summed E-state index contributed by atoms with van der Waals surface area (Å²) in [6.07, 6.45) is 6.25. The van der Waals surface area contributed by atoms with Gasteiger partial charge in [0.15, 0.2) is 0 Å². The molecule has 0 aliphatic carbocycles. The van der Waals surface area contributed by atoms with Crippen molar-refractivity contribution in [1.82, 2.24) is 9.80 Å². The van der Waals surface area contributed by atoms with Crippen LogP contribution in [0.3, 0.4) is 0 Å². The van der Waals surface area contributed by atoms with Crippen molar-refractivity contribution in [3.05, 3.63) is 397 Å². The molecule has 4 aliphatic rings. The minimum Gasteiger partial charge on any atom is -0.384 e.